The van der Waals surface area contributed by atoms with E-state index < -0.39 is 0 Å². The molecular weight excluding hydrogens is 244 g/mol. The molecule has 82 valence electrons. The molecule has 0 radical (unpaired) electrons. The third kappa shape index (κ3) is 2.94. The SMILES string of the molecule is BrCC1(COCC2CCCCO2)CC1. The van der Waals surface area contributed by atoms with E-state index in [2.05, 4.69) is 15.9 Å². The van der Waals surface area contributed by atoms with Gasteiger partial charge in [0, 0.05) is 17.4 Å². The van der Waals surface area contributed by atoms with Gasteiger partial charge in [-0.15, -0.1) is 0 Å². The third-order valence-electron chi connectivity index (χ3n) is 3.23. The lowest BCUT2D eigenvalue weighted by Crippen LogP contribution is -2.26. The molecule has 1 atom stereocenters. The largest absolute Gasteiger partial charge is 0.378 e. The summed E-state index contributed by atoms with van der Waals surface area (Å²) < 4.78 is 11.3. The highest BCUT2D eigenvalue weighted by Gasteiger charge is 2.41. The van der Waals surface area contributed by atoms with E-state index in [1.807, 2.05) is 0 Å². The van der Waals surface area contributed by atoms with Gasteiger partial charge in [-0.2, -0.15) is 0 Å². The molecule has 2 nitrogen and oxygen atoms in total. The second-order valence-electron chi connectivity index (χ2n) is 4.64. The highest BCUT2D eigenvalue weighted by atomic mass is 79.9. The van der Waals surface area contributed by atoms with E-state index in [9.17, 15) is 0 Å². The molecule has 0 aromatic carbocycles. The second kappa shape index (κ2) is 4.95. The monoisotopic (exact) mass is 262 g/mol. The predicted octanol–water partition coefficient (Wildman–Crippen LogP) is 2.75. The zero-order chi connectivity index (χ0) is 9.86. The lowest BCUT2D eigenvalue weighted by Gasteiger charge is -2.23. The fraction of sp³-hybridized carbons (Fsp3) is 1.00. The molecule has 1 unspecified atom stereocenters. The van der Waals surface area contributed by atoms with Crippen LogP contribution >= 0.6 is 15.9 Å². The first-order valence-electron chi connectivity index (χ1n) is 5.60. The quantitative estimate of drug-likeness (QED) is 0.710. The van der Waals surface area contributed by atoms with Gasteiger partial charge in [0.15, 0.2) is 0 Å². The molecule has 0 amide bonds. The number of halogens is 1. The first-order valence-corrected chi connectivity index (χ1v) is 6.72. The Kier molecular flexibility index (Phi) is 3.86. The zero-order valence-corrected chi connectivity index (χ0v) is 10.2. The molecule has 0 spiro atoms. The van der Waals surface area contributed by atoms with E-state index in [1.54, 1.807) is 0 Å². The Morgan fingerprint density at radius 1 is 1.36 bits per heavy atom. The zero-order valence-electron chi connectivity index (χ0n) is 8.64. The molecule has 0 N–H and O–H groups in total. The molecule has 1 aliphatic carbocycles. The van der Waals surface area contributed by atoms with Crippen LogP contribution in [0.15, 0.2) is 0 Å². The second-order valence-corrected chi connectivity index (χ2v) is 5.20. The molecule has 14 heavy (non-hydrogen) atoms. The lowest BCUT2D eigenvalue weighted by molar-refractivity contribution is -0.0473. The Bertz CT molecular complexity index is 174. The minimum Gasteiger partial charge on any atom is -0.378 e. The lowest BCUT2D eigenvalue weighted by atomic mass is 10.1. The molecular formula is C11H19BrO2. The summed E-state index contributed by atoms with van der Waals surface area (Å²) in [6.07, 6.45) is 6.73. The van der Waals surface area contributed by atoms with Crippen molar-refractivity contribution >= 4 is 15.9 Å². The molecule has 2 fully saturated rings. The van der Waals surface area contributed by atoms with Crippen LogP contribution in [-0.4, -0.2) is 31.3 Å². The molecule has 0 bridgehead atoms. The van der Waals surface area contributed by atoms with Gasteiger partial charge in [0.05, 0.1) is 19.3 Å². The Morgan fingerprint density at radius 3 is 2.79 bits per heavy atom. The van der Waals surface area contributed by atoms with Gasteiger partial charge < -0.3 is 9.47 Å². The highest BCUT2D eigenvalue weighted by molar-refractivity contribution is 9.09. The van der Waals surface area contributed by atoms with Crippen LogP contribution in [0.2, 0.25) is 0 Å². The van der Waals surface area contributed by atoms with Crippen molar-refractivity contribution in [2.45, 2.75) is 38.2 Å². The maximum Gasteiger partial charge on any atom is 0.0808 e. The van der Waals surface area contributed by atoms with Crippen molar-refractivity contribution in [3.8, 4) is 0 Å². The summed E-state index contributed by atoms with van der Waals surface area (Å²) in [4.78, 5) is 0. The number of ether oxygens (including phenoxy) is 2. The standard InChI is InChI=1S/C11H19BrO2/c12-8-11(4-5-11)9-13-7-10-3-1-2-6-14-10/h10H,1-9H2. The molecule has 3 heteroatoms. The molecule has 2 rings (SSSR count). The number of hydrogen-bond donors (Lipinski definition) is 0. The molecule has 1 saturated carbocycles. The van der Waals surface area contributed by atoms with Crippen molar-refractivity contribution in [2.75, 3.05) is 25.2 Å². The van der Waals surface area contributed by atoms with Crippen molar-refractivity contribution in [1.29, 1.82) is 0 Å². The highest BCUT2D eigenvalue weighted by Crippen LogP contribution is 2.47. The van der Waals surface area contributed by atoms with Crippen molar-refractivity contribution in [3.05, 3.63) is 0 Å². The molecule has 2 aliphatic rings. The van der Waals surface area contributed by atoms with E-state index in [1.165, 1.54) is 32.1 Å². The maximum absolute atomic E-state index is 5.74. The van der Waals surface area contributed by atoms with E-state index >= 15 is 0 Å². The molecule has 0 aromatic rings. The van der Waals surface area contributed by atoms with Crippen molar-refractivity contribution < 1.29 is 9.47 Å². The third-order valence-corrected chi connectivity index (χ3v) is 4.42. The Labute approximate surface area is 94.5 Å². The fourth-order valence-corrected chi connectivity index (χ4v) is 2.56. The molecule has 0 aromatic heterocycles. The Balaban J connectivity index is 1.58. The minimum atomic E-state index is 0.370. The Hall–Kier alpha value is 0.400. The predicted molar refractivity (Wildman–Crippen MR) is 59.9 cm³/mol. The van der Waals surface area contributed by atoms with Gasteiger partial charge in [-0.3, -0.25) is 0 Å². The number of alkyl halides is 1. The summed E-state index contributed by atoms with van der Waals surface area (Å²) in [5.74, 6) is 0. The average molecular weight is 263 g/mol. The summed E-state index contributed by atoms with van der Waals surface area (Å²) >= 11 is 3.55. The van der Waals surface area contributed by atoms with Gasteiger partial charge in [0.25, 0.3) is 0 Å². The summed E-state index contributed by atoms with van der Waals surface area (Å²) in [5.41, 5.74) is 0.481. The first kappa shape index (κ1) is 10.9. The Morgan fingerprint density at radius 2 is 2.21 bits per heavy atom. The topological polar surface area (TPSA) is 18.5 Å². The number of rotatable bonds is 5. The molecule has 1 saturated heterocycles. The van der Waals surface area contributed by atoms with Crippen LogP contribution in [0.25, 0.3) is 0 Å². The van der Waals surface area contributed by atoms with Crippen LogP contribution < -0.4 is 0 Å². The van der Waals surface area contributed by atoms with E-state index in [-0.39, 0.29) is 0 Å². The van der Waals surface area contributed by atoms with E-state index in [4.69, 9.17) is 9.47 Å². The van der Waals surface area contributed by atoms with Crippen molar-refractivity contribution in [2.24, 2.45) is 5.41 Å². The van der Waals surface area contributed by atoms with Gasteiger partial charge >= 0.3 is 0 Å². The van der Waals surface area contributed by atoms with Crippen molar-refractivity contribution in [3.63, 3.8) is 0 Å². The van der Waals surface area contributed by atoms with Gasteiger partial charge in [-0.05, 0) is 32.1 Å². The van der Waals surface area contributed by atoms with Crippen LogP contribution in [0.1, 0.15) is 32.1 Å². The van der Waals surface area contributed by atoms with Crippen LogP contribution in [-0.2, 0) is 9.47 Å². The van der Waals surface area contributed by atoms with Crippen LogP contribution in [0.5, 0.6) is 0 Å². The molecule has 1 heterocycles. The summed E-state index contributed by atoms with van der Waals surface area (Å²) in [5, 5.41) is 1.09. The smallest absolute Gasteiger partial charge is 0.0808 e. The van der Waals surface area contributed by atoms with Crippen molar-refractivity contribution in [1.82, 2.24) is 0 Å². The normalized spacial score (nSPS) is 30.2. The van der Waals surface area contributed by atoms with Gasteiger partial charge in [0.1, 0.15) is 0 Å². The van der Waals surface area contributed by atoms with Crippen LogP contribution in [0, 0.1) is 5.41 Å². The van der Waals surface area contributed by atoms with Gasteiger partial charge in [-0.1, -0.05) is 15.9 Å². The maximum atomic E-state index is 5.74. The number of hydrogen-bond acceptors (Lipinski definition) is 2. The van der Waals surface area contributed by atoms with Crippen LogP contribution in [0.4, 0.5) is 0 Å². The summed E-state index contributed by atoms with van der Waals surface area (Å²) in [6.45, 7) is 2.64. The van der Waals surface area contributed by atoms with E-state index in [0.29, 0.717) is 11.5 Å². The fourth-order valence-electron chi connectivity index (χ4n) is 1.84. The summed E-state index contributed by atoms with van der Waals surface area (Å²) in [6, 6.07) is 0. The van der Waals surface area contributed by atoms with Crippen LogP contribution in [0.3, 0.4) is 0 Å². The van der Waals surface area contributed by atoms with Gasteiger partial charge in [-0.25, -0.2) is 0 Å². The molecule has 1 aliphatic heterocycles. The summed E-state index contributed by atoms with van der Waals surface area (Å²) in [7, 11) is 0. The van der Waals surface area contributed by atoms with E-state index in [0.717, 1.165) is 25.2 Å². The first-order chi connectivity index (χ1) is 6.85. The minimum absolute atomic E-state index is 0.370. The average Bonchev–Trinajstić information content (AvgIpc) is 3.00. The van der Waals surface area contributed by atoms with Gasteiger partial charge in [0.2, 0.25) is 0 Å².